The molecule has 2 aromatic rings. The van der Waals surface area contributed by atoms with Gasteiger partial charge in [-0.2, -0.15) is 4.98 Å². The van der Waals surface area contributed by atoms with Crippen LogP contribution in [0.25, 0.3) is 0 Å². The van der Waals surface area contributed by atoms with Crippen LogP contribution < -0.4 is 10.1 Å². The Kier molecular flexibility index (Phi) is 5.27. The fraction of sp³-hybridized carbons (Fsp3) is 0.467. The van der Waals surface area contributed by atoms with Gasteiger partial charge in [0.2, 0.25) is 11.7 Å². The predicted molar refractivity (Wildman–Crippen MR) is 76.4 cm³/mol. The maximum absolute atomic E-state index is 13.6. The van der Waals surface area contributed by atoms with Crippen LogP contribution in [0.5, 0.6) is 5.75 Å². The van der Waals surface area contributed by atoms with Crippen molar-refractivity contribution < 1.29 is 13.7 Å². The number of benzene rings is 1. The molecule has 1 N–H and O–H groups in total. The van der Waals surface area contributed by atoms with Crippen LogP contribution in [-0.4, -0.2) is 16.2 Å². The van der Waals surface area contributed by atoms with Crippen molar-refractivity contribution in [1.82, 2.24) is 15.5 Å². The quantitative estimate of drug-likeness (QED) is 0.850. The normalized spacial score (nSPS) is 11.1. The first kappa shape index (κ1) is 15.4. The molecule has 0 atom stereocenters. The van der Waals surface area contributed by atoms with Crippen LogP contribution in [0.4, 0.5) is 4.39 Å². The van der Waals surface area contributed by atoms with E-state index in [-0.39, 0.29) is 12.4 Å². The summed E-state index contributed by atoms with van der Waals surface area (Å²) in [4.78, 5) is 4.14. The molecule has 0 bridgehead atoms. The van der Waals surface area contributed by atoms with Crippen molar-refractivity contribution in [2.24, 2.45) is 0 Å². The van der Waals surface area contributed by atoms with E-state index >= 15 is 0 Å². The molecule has 114 valence electrons. The van der Waals surface area contributed by atoms with Gasteiger partial charge in [0.1, 0.15) is 11.6 Å². The Morgan fingerprint density at radius 2 is 2.14 bits per heavy atom. The van der Waals surface area contributed by atoms with Gasteiger partial charge in [-0.3, -0.25) is 0 Å². The van der Waals surface area contributed by atoms with Gasteiger partial charge in [0.25, 0.3) is 0 Å². The van der Waals surface area contributed by atoms with E-state index in [0.717, 1.165) is 5.56 Å². The standard InChI is InChI=1S/C15H20FN3O2/c1-4-15-18-14(19-21-15)9-20-13-6-11(5-12(16)7-13)8-17-10(2)3/h5-7,10,17H,4,8-9H2,1-3H3. The first-order valence-corrected chi connectivity index (χ1v) is 7.04. The topological polar surface area (TPSA) is 60.2 Å². The van der Waals surface area contributed by atoms with E-state index in [4.69, 9.17) is 9.26 Å². The minimum Gasteiger partial charge on any atom is -0.485 e. The molecule has 0 spiro atoms. The maximum Gasteiger partial charge on any atom is 0.226 e. The highest BCUT2D eigenvalue weighted by Gasteiger charge is 2.07. The number of nitrogens with zero attached hydrogens (tertiary/aromatic N) is 2. The average molecular weight is 293 g/mol. The fourth-order valence-electron chi connectivity index (χ4n) is 1.77. The first-order valence-electron chi connectivity index (χ1n) is 7.04. The zero-order valence-electron chi connectivity index (χ0n) is 12.5. The molecule has 0 unspecified atom stereocenters. The maximum atomic E-state index is 13.6. The van der Waals surface area contributed by atoms with Crippen molar-refractivity contribution in [1.29, 1.82) is 0 Å². The lowest BCUT2D eigenvalue weighted by Crippen LogP contribution is -2.21. The lowest BCUT2D eigenvalue weighted by molar-refractivity contribution is 0.283. The summed E-state index contributed by atoms with van der Waals surface area (Å²) in [5.74, 6) is 1.15. The van der Waals surface area contributed by atoms with E-state index in [2.05, 4.69) is 15.5 Å². The second-order valence-corrected chi connectivity index (χ2v) is 5.08. The highest BCUT2D eigenvalue weighted by molar-refractivity contribution is 5.29. The van der Waals surface area contributed by atoms with Crippen LogP contribution in [0.2, 0.25) is 0 Å². The number of hydrogen-bond donors (Lipinski definition) is 1. The van der Waals surface area contributed by atoms with Gasteiger partial charge in [-0.15, -0.1) is 0 Å². The van der Waals surface area contributed by atoms with Crippen LogP contribution >= 0.6 is 0 Å². The van der Waals surface area contributed by atoms with Crippen LogP contribution in [0, 0.1) is 5.82 Å². The number of hydrogen-bond acceptors (Lipinski definition) is 5. The van der Waals surface area contributed by atoms with E-state index in [1.165, 1.54) is 12.1 Å². The monoisotopic (exact) mass is 293 g/mol. The van der Waals surface area contributed by atoms with Crippen molar-refractivity contribution in [3.8, 4) is 5.75 Å². The third-order valence-electron chi connectivity index (χ3n) is 2.83. The fourth-order valence-corrected chi connectivity index (χ4v) is 1.77. The molecule has 6 heteroatoms. The van der Waals surface area contributed by atoms with Crippen molar-refractivity contribution in [2.75, 3.05) is 0 Å². The predicted octanol–water partition coefficient (Wildman–Crippen LogP) is 2.85. The number of rotatable bonds is 7. The van der Waals surface area contributed by atoms with Crippen LogP contribution in [0.3, 0.4) is 0 Å². The minimum absolute atomic E-state index is 0.157. The Labute approximate surface area is 123 Å². The molecule has 0 amide bonds. The van der Waals surface area contributed by atoms with Gasteiger partial charge in [-0.05, 0) is 17.7 Å². The van der Waals surface area contributed by atoms with Gasteiger partial charge in [0.15, 0.2) is 6.61 Å². The van der Waals surface area contributed by atoms with E-state index in [1.54, 1.807) is 6.07 Å². The zero-order valence-corrected chi connectivity index (χ0v) is 12.5. The van der Waals surface area contributed by atoms with Crippen molar-refractivity contribution in [3.05, 3.63) is 41.3 Å². The molecule has 0 aliphatic carbocycles. The molecule has 0 saturated carbocycles. The van der Waals surface area contributed by atoms with Gasteiger partial charge < -0.3 is 14.6 Å². The Morgan fingerprint density at radius 3 is 2.81 bits per heavy atom. The van der Waals surface area contributed by atoms with E-state index in [1.807, 2.05) is 20.8 Å². The summed E-state index contributed by atoms with van der Waals surface area (Å²) < 4.78 is 24.1. The highest BCUT2D eigenvalue weighted by Crippen LogP contribution is 2.17. The molecule has 0 saturated heterocycles. The van der Waals surface area contributed by atoms with E-state index < -0.39 is 0 Å². The van der Waals surface area contributed by atoms with Crippen molar-refractivity contribution in [3.63, 3.8) is 0 Å². The molecule has 2 rings (SSSR count). The molecule has 5 nitrogen and oxygen atoms in total. The molecule has 21 heavy (non-hydrogen) atoms. The molecule has 0 aliphatic rings. The Hall–Kier alpha value is -1.95. The number of aryl methyl sites for hydroxylation is 1. The molecule has 0 radical (unpaired) electrons. The lowest BCUT2D eigenvalue weighted by atomic mass is 10.2. The Balaban J connectivity index is 1.98. The molecule has 0 aliphatic heterocycles. The SMILES string of the molecule is CCc1nc(COc2cc(F)cc(CNC(C)C)c2)no1. The van der Waals surface area contributed by atoms with Crippen LogP contribution in [0.1, 0.15) is 38.0 Å². The third-order valence-corrected chi connectivity index (χ3v) is 2.83. The number of nitrogens with one attached hydrogen (secondary N) is 1. The van der Waals surface area contributed by atoms with Crippen LogP contribution in [0.15, 0.2) is 22.7 Å². The summed E-state index contributed by atoms with van der Waals surface area (Å²) in [5, 5.41) is 7.03. The average Bonchev–Trinajstić information content (AvgIpc) is 2.90. The summed E-state index contributed by atoms with van der Waals surface area (Å²) in [6.45, 7) is 6.76. The van der Waals surface area contributed by atoms with Crippen molar-refractivity contribution >= 4 is 0 Å². The molecule has 0 fully saturated rings. The summed E-state index contributed by atoms with van der Waals surface area (Å²) >= 11 is 0. The third kappa shape index (κ3) is 4.82. The summed E-state index contributed by atoms with van der Waals surface area (Å²) in [5.41, 5.74) is 0.834. The molecule has 1 heterocycles. The zero-order chi connectivity index (χ0) is 15.2. The van der Waals surface area contributed by atoms with Gasteiger partial charge >= 0.3 is 0 Å². The van der Waals surface area contributed by atoms with Gasteiger partial charge in [0, 0.05) is 25.1 Å². The summed E-state index contributed by atoms with van der Waals surface area (Å²) in [6, 6.07) is 4.98. The number of aromatic nitrogens is 2. The molecular weight excluding hydrogens is 273 g/mol. The largest absolute Gasteiger partial charge is 0.485 e. The van der Waals surface area contributed by atoms with Gasteiger partial charge in [-0.25, -0.2) is 4.39 Å². The summed E-state index contributed by atoms with van der Waals surface area (Å²) in [6.07, 6.45) is 0.679. The lowest BCUT2D eigenvalue weighted by Gasteiger charge is -2.10. The second-order valence-electron chi connectivity index (χ2n) is 5.08. The molecule has 1 aromatic carbocycles. The van der Waals surface area contributed by atoms with Crippen LogP contribution in [-0.2, 0) is 19.6 Å². The summed E-state index contributed by atoms with van der Waals surface area (Å²) in [7, 11) is 0. The molecule has 1 aromatic heterocycles. The van der Waals surface area contributed by atoms with Gasteiger partial charge in [-0.1, -0.05) is 25.9 Å². The van der Waals surface area contributed by atoms with Gasteiger partial charge in [0.05, 0.1) is 0 Å². The minimum atomic E-state index is -0.324. The van der Waals surface area contributed by atoms with Crippen molar-refractivity contribution in [2.45, 2.75) is 46.4 Å². The Bertz CT molecular complexity index is 584. The van der Waals surface area contributed by atoms with E-state index in [0.29, 0.717) is 36.5 Å². The number of halogens is 1. The number of ether oxygens (including phenoxy) is 1. The second kappa shape index (κ2) is 7.17. The highest BCUT2D eigenvalue weighted by atomic mass is 19.1. The Morgan fingerprint density at radius 1 is 1.33 bits per heavy atom. The smallest absolute Gasteiger partial charge is 0.226 e. The first-order chi connectivity index (χ1) is 10.1. The van der Waals surface area contributed by atoms with E-state index in [9.17, 15) is 4.39 Å². The molecular formula is C15H20FN3O2.